The molecule has 0 aliphatic heterocycles. The minimum absolute atomic E-state index is 0.291. The van der Waals surface area contributed by atoms with Crippen LogP contribution in [0.1, 0.15) is 15.9 Å². The number of aromatic carboxylic acids is 1. The van der Waals surface area contributed by atoms with Crippen LogP contribution in [0, 0.1) is 0 Å². The molecule has 0 saturated carbocycles. The molecule has 0 spiro atoms. The molecule has 3 rings (SSSR count). The average molecular weight is 282 g/mol. The lowest BCUT2D eigenvalue weighted by atomic mass is 10.1. The van der Waals surface area contributed by atoms with Crippen molar-refractivity contribution in [1.29, 1.82) is 0 Å². The van der Waals surface area contributed by atoms with E-state index >= 15 is 0 Å². The first-order valence-corrected chi connectivity index (χ1v) is 6.48. The van der Waals surface area contributed by atoms with E-state index in [2.05, 4.69) is 4.98 Å². The third kappa shape index (κ3) is 2.58. The van der Waals surface area contributed by atoms with Gasteiger partial charge in [0.15, 0.2) is 0 Å². The molecule has 0 amide bonds. The lowest BCUT2D eigenvalue weighted by Crippen LogP contribution is -2.00. The fourth-order valence-electron chi connectivity index (χ4n) is 2.25. The molecule has 0 fully saturated rings. The van der Waals surface area contributed by atoms with Crippen molar-refractivity contribution in [3.63, 3.8) is 0 Å². The number of methoxy groups -OCH3 is 1. The standard InChI is InChI=1S/C16H14N2O3/c1-21-13-6-7-15-14(8-13)17-10-18(15)9-11-2-4-12(5-3-11)16(19)20/h2-8,10H,9H2,1H3,(H,19,20). The van der Waals surface area contributed by atoms with Crippen molar-refractivity contribution in [2.75, 3.05) is 7.11 Å². The Kier molecular flexibility index (Phi) is 3.31. The number of aromatic nitrogens is 2. The van der Waals surface area contributed by atoms with Gasteiger partial charge >= 0.3 is 5.97 Å². The number of rotatable bonds is 4. The van der Waals surface area contributed by atoms with E-state index in [0.29, 0.717) is 12.1 Å². The summed E-state index contributed by atoms with van der Waals surface area (Å²) in [5.74, 6) is -0.139. The molecule has 0 radical (unpaired) electrons. The highest BCUT2D eigenvalue weighted by molar-refractivity contribution is 5.87. The second-order valence-corrected chi connectivity index (χ2v) is 4.73. The summed E-state index contributed by atoms with van der Waals surface area (Å²) in [4.78, 5) is 15.2. The summed E-state index contributed by atoms with van der Waals surface area (Å²) < 4.78 is 7.20. The van der Waals surface area contributed by atoms with Crippen molar-refractivity contribution in [3.8, 4) is 5.75 Å². The average Bonchev–Trinajstić information content (AvgIpc) is 2.90. The molecule has 0 unspecified atom stereocenters. The third-order valence-electron chi connectivity index (χ3n) is 3.38. The lowest BCUT2D eigenvalue weighted by molar-refractivity contribution is 0.0697. The molecule has 21 heavy (non-hydrogen) atoms. The number of carbonyl (C=O) groups is 1. The van der Waals surface area contributed by atoms with Crippen molar-refractivity contribution >= 4 is 17.0 Å². The van der Waals surface area contributed by atoms with Gasteiger partial charge in [0.05, 0.1) is 30.0 Å². The van der Waals surface area contributed by atoms with E-state index in [0.717, 1.165) is 22.3 Å². The molecule has 0 atom stereocenters. The van der Waals surface area contributed by atoms with Crippen LogP contribution in [0.15, 0.2) is 48.8 Å². The third-order valence-corrected chi connectivity index (χ3v) is 3.38. The van der Waals surface area contributed by atoms with E-state index in [1.54, 1.807) is 25.6 Å². The molecule has 5 nitrogen and oxygen atoms in total. The zero-order chi connectivity index (χ0) is 14.8. The van der Waals surface area contributed by atoms with Crippen LogP contribution in [0.2, 0.25) is 0 Å². The Morgan fingerprint density at radius 3 is 2.67 bits per heavy atom. The number of hydrogen-bond acceptors (Lipinski definition) is 3. The Labute approximate surface area is 121 Å². The highest BCUT2D eigenvalue weighted by Crippen LogP contribution is 2.20. The molecule has 5 heteroatoms. The van der Waals surface area contributed by atoms with Crippen LogP contribution in [0.3, 0.4) is 0 Å². The van der Waals surface area contributed by atoms with E-state index in [4.69, 9.17) is 9.84 Å². The van der Waals surface area contributed by atoms with Crippen LogP contribution in [0.5, 0.6) is 5.75 Å². The second kappa shape index (κ2) is 5.28. The predicted molar refractivity (Wildman–Crippen MR) is 78.8 cm³/mol. The second-order valence-electron chi connectivity index (χ2n) is 4.73. The summed E-state index contributed by atoms with van der Waals surface area (Å²) in [6.45, 7) is 0.642. The highest BCUT2D eigenvalue weighted by Gasteiger charge is 2.06. The monoisotopic (exact) mass is 282 g/mol. The summed E-state index contributed by atoms with van der Waals surface area (Å²) in [5.41, 5.74) is 3.20. The number of nitrogens with zero attached hydrogens (tertiary/aromatic N) is 2. The number of fused-ring (bicyclic) bond motifs is 1. The first-order valence-electron chi connectivity index (χ1n) is 6.48. The Morgan fingerprint density at radius 2 is 2.00 bits per heavy atom. The fourth-order valence-corrected chi connectivity index (χ4v) is 2.25. The van der Waals surface area contributed by atoms with Crippen molar-refractivity contribution in [2.45, 2.75) is 6.54 Å². The first-order chi connectivity index (χ1) is 10.2. The molecule has 0 saturated heterocycles. The molecule has 1 aromatic heterocycles. The van der Waals surface area contributed by atoms with Crippen LogP contribution < -0.4 is 4.74 Å². The van der Waals surface area contributed by atoms with Gasteiger partial charge in [-0.15, -0.1) is 0 Å². The van der Waals surface area contributed by atoms with Gasteiger partial charge in [-0.05, 0) is 29.8 Å². The van der Waals surface area contributed by atoms with Gasteiger partial charge < -0.3 is 14.4 Å². The fraction of sp³-hybridized carbons (Fsp3) is 0.125. The summed E-state index contributed by atoms with van der Waals surface area (Å²) in [6.07, 6.45) is 1.77. The lowest BCUT2D eigenvalue weighted by Gasteiger charge is -2.06. The number of imidazole rings is 1. The number of ether oxygens (including phenoxy) is 1. The van der Waals surface area contributed by atoms with Gasteiger partial charge in [-0.2, -0.15) is 0 Å². The largest absolute Gasteiger partial charge is 0.497 e. The van der Waals surface area contributed by atoms with Crippen molar-refractivity contribution in [3.05, 3.63) is 59.9 Å². The minimum Gasteiger partial charge on any atom is -0.497 e. The number of carboxylic acid groups (broad SMARTS) is 1. The SMILES string of the molecule is COc1ccc2c(c1)ncn2Cc1ccc(C(=O)O)cc1. The van der Waals surface area contributed by atoms with Crippen molar-refractivity contribution in [1.82, 2.24) is 9.55 Å². The number of hydrogen-bond donors (Lipinski definition) is 1. The number of carboxylic acids is 1. The Hall–Kier alpha value is -2.82. The van der Waals surface area contributed by atoms with Crippen LogP contribution >= 0.6 is 0 Å². The van der Waals surface area contributed by atoms with E-state index in [1.807, 2.05) is 34.9 Å². The molecule has 1 N–H and O–H groups in total. The first kappa shape index (κ1) is 13.2. The van der Waals surface area contributed by atoms with Crippen molar-refractivity contribution in [2.24, 2.45) is 0 Å². The zero-order valence-corrected chi connectivity index (χ0v) is 11.5. The molecule has 106 valence electrons. The van der Waals surface area contributed by atoms with Gasteiger partial charge in [0, 0.05) is 12.6 Å². The predicted octanol–water partition coefficient (Wildman–Crippen LogP) is 2.79. The van der Waals surface area contributed by atoms with Gasteiger partial charge in [0.2, 0.25) is 0 Å². The van der Waals surface area contributed by atoms with Gasteiger partial charge in [0.1, 0.15) is 5.75 Å². The topological polar surface area (TPSA) is 64.4 Å². The van der Waals surface area contributed by atoms with Gasteiger partial charge in [-0.1, -0.05) is 12.1 Å². The Morgan fingerprint density at radius 1 is 1.24 bits per heavy atom. The molecular weight excluding hydrogens is 268 g/mol. The molecule has 0 aliphatic carbocycles. The van der Waals surface area contributed by atoms with E-state index in [1.165, 1.54) is 0 Å². The van der Waals surface area contributed by atoms with Gasteiger partial charge in [-0.25, -0.2) is 9.78 Å². The molecule has 0 aliphatic rings. The Bertz CT molecular complexity index is 791. The van der Waals surface area contributed by atoms with Crippen LogP contribution in [0.25, 0.3) is 11.0 Å². The Balaban J connectivity index is 1.89. The van der Waals surface area contributed by atoms with Crippen LogP contribution in [-0.2, 0) is 6.54 Å². The van der Waals surface area contributed by atoms with E-state index < -0.39 is 5.97 Å². The number of benzene rings is 2. The summed E-state index contributed by atoms with van der Waals surface area (Å²) in [6, 6.07) is 12.6. The highest BCUT2D eigenvalue weighted by atomic mass is 16.5. The maximum absolute atomic E-state index is 10.8. The molecule has 1 heterocycles. The summed E-state index contributed by atoms with van der Waals surface area (Å²) >= 11 is 0. The zero-order valence-electron chi connectivity index (χ0n) is 11.5. The van der Waals surface area contributed by atoms with Gasteiger partial charge in [-0.3, -0.25) is 0 Å². The summed E-state index contributed by atoms with van der Waals surface area (Å²) in [5, 5.41) is 8.90. The molecule has 0 bridgehead atoms. The molecule has 2 aromatic carbocycles. The van der Waals surface area contributed by atoms with E-state index in [-0.39, 0.29) is 0 Å². The van der Waals surface area contributed by atoms with Crippen molar-refractivity contribution < 1.29 is 14.6 Å². The smallest absolute Gasteiger partial charge is 0.335 e. The summed E-state index contributed by atoms with van der Waals surface area (Å²) in [7, 11) is 1.63. The quantitative estimate of drug-likeness (QED) is 0.799. The van der Waals surface area contributed by atoms with Crippen LogP contribution in [-0.4, -0.2) is 27.7 Å². The van der Waals surface area contributed by atoms with E-state index in [9.17, 15) is 4.79 Å². The maximum Gasteiger partial charge on any atom is 0.335 e. The normalized spacial score (nSPS) is 10.7. The minimum atomic E-state index is -0.915. The molecule has 3 aromatic rings. The maximum atomic E-state index is 10.8. The van der Waals surface area contributed by atoms with Crippen LogP contribution in [0.4, 0.5) is 0 Å². The molecular formula is C16H14N2O3. The van der Waals surface area contributed by atoms with Gasteiger partial charge in [0.25, 0.3) is 0 Å².